The number of nitrogens with one attached hydrogen (secondary N) is 1. The lowest BCUT2D eigenvalue weighted by Crippen LogP contribution is -2.25. The predicted molar refractivity (Wildman–Crippen MR) is 142 cm³/mol. The van der Waals surface area contributed by atoms with Crippen LogP contribution < -0.4 is 10.1 Å². The van der Waals surface area contributed by atoms with Gasteiger partial charge >= 0.3 is 5.97 Å². The van der Waals surface area contributed by atoms with Crippen LogP contribution in [-0.4, -0.2) is 123 Å². The molecule has 0 radical (unpaired) electrons. The summed E-state index contributed by atoms with van der Waals surface area (Å²) >= 11 is 0. The highest BCUT2D eigenvalue weighted by atomic mass is 16.6. The Morgan fingerprint density at radius 3 is 1.41 bits per heavy atom. The van der Waals surface area contributed by atoms with Crippen molar-refractivity contribution in [2.75, 3.05) is 106 Å². The van der Waals surface area contributed by atoms with Crippen LogP contribution in [0.4, 0.5) is 0 Å². The molecule has 0 aliphatic carbocycles. The standard InChI is InChI=1S/C27H45NO11/c29-26(7-8-27(30)31)28-9-4-10-32-11-12-33-13-14-34-15-16-35-17-18-36-19-20-37-21-22-38-23-24-39-25-5-2-1-3-6-25/h1-3,5-6H,4,7-24H2,(H,28,29)(H,30,31). The molecule has 0 bridgehead atoms. The molecular formula is C27H45NO11. The first-order chi connectivity index (χ1) is 19.2. The lowest BCUT2D eigenvalue weighted by atomic mass is 10.3. The van der Waals surface area contributed by atoms with Crippen LogP contribution in [-0.2, 0) is 42.7 Å². The number of amides is 1. The molecule has 2 N–H and O–H groups in total. The number of hydrogen-bond donors (Lipinski definition) is 2. The van der Waals surface area contributed by atoms with E-state index in [1.807, 2.05) is 30.3 Å². The van der Waals surface area contributed by atoms with E-state index in [2.05, 4.69) is 5.32 Å². The van der Waals surface area contributed by atoms with Crippen LogP contribution in [0.25, 0.3) is 0 Å². The van der Waals surface area contributed by atoms with Gasteiger partial charge in [-0.15, -0.1) is 0 Å². The Hall–Kier alpha value is -2.32. The van der Waals surface area contributed by atoms with Gasteiger partial charge in [-0.05, 0) is 18.6 Å². The predicted octanol–water partition coefficient (Wildman–Crippen LogP) is 1.55. The number of ether oxygens (including phenoxy) is 8. The summed E-state index contributed by atoms with van der Waals surface area (Å²) in [6.45, 7) is 7.84. The number of rotatable bonds is 29. The lowest BCUT2D eigenvalue weighted by molar-refractivity contribution is -0.138. The fraction of sp³-hybridized carbons (Fsp3) is 0.704. The minimum atomic E-state index is -0.980. The van der Waals surface area contributed by atoms with Gasteiger partial charge < -0.3 is 48.3 Å². The smallest absolute Gasteiger partial charge is 0.303 e. The molecule has 0 heterocycles. The van der Waals surface area contributed by atoms with E-state index in [1.54, 1.807) is 0 Å². The van der Waals surface area contributed by atoms with Crippen LogP contribution in [0.2, 0.25) is 0 Å². The SMILES string of the molecule is O=C(O)CCC(=O)NCCCOCCOCCOCCOCCOCCOCCOCCOc1ccccc1. The molecule has 12 nitrogen and oxygen atoms in total. The van der Waals surface area contributed by atoms with Gasteiger partial charge in [0.05, 0.1) is 92.3 Å². The fourth-order valence-electron chi connectivity index (χ4n) is 2.87. The summed E-state index contributed by atoms with van der Waals surface area (Å²) in [6, 6.07) is 9.63. The quantitative estimate of drug-likeness (QED) is 0.138. The summed E-state index contributed by atoms with van der Waals surface area (Å²) in [7, 11) is 0. The Morgan fingerprint density at radius 1 is 0.564 bits per heavy atom. The first-order valence-corrected chi connectivity index (χ1v) is 13.4. The number of aliphatic carboxylic acids is 1. The second-order valence-electron chi connectivity index (χ2n) is 8.05. The largest absolute Gasteiger partial charge is 0.491 e. The number of benzene rings is 1. The third-order valence-corrected chi connectivity index (χ3v) is 4.83. The van der Waals surface area contributed by atoms with Crippen molar-refractivity contribution in [2.24, 2.45) is 0 Å². The first kappa shape index (κ1) is 34.7. The van der Waals surface area contributed by atoms with E-state index in [1.165, 1.54) is 0 Å². The minimum Gasteiger partial charge on any atom is -0.491 e. The van der Waals surface area contributed by atoms with Crippen LogP contribution in [0.15, 0.2) is 30.3 Å². The van der Waals surface area contributed by atoms with Crippen molar-refractivity contribution in [3.05, 3.63) is 30.3 Å². The highest BCUT2D eigenvalue weighted by molar-refractivity contribution is 5.80. The molecule has 0 aliphatic heterocycles. The number of carboxylic acid groups (broad SMARTS) is 1. The molecule has 1 amide bonds. The van der Waals surface area contributed by atoms with Gasteiger partial charge in [0.25, 0.3) is 0 Å². The molecular weight excluding hydrogens is 514 g/mol. The van der Waals surface area contributed by atoms with Crippen molar-refractivity contribution in [1.29, 1.82) is 0 Å². The summed E-state index contributed by atoms with van der Waals surface area (Å²) < 4.78 is 43.6. The molecule has 0 saturated heterocycles. The third kappa shape index (κ3) is 25.7. The molecule has 0 aromatic heterocycles. The van der Waals surface area contributed by atoms with Crippen molar-refractivity contribution in [2.45, 2.75) is 19.3 Å². The van der Waals surface area contributed by atoms with Crippen LogP contribution >= 0.6 is 0 Å². The summed E-state index contributed by atoms with van der Waals surface area (Å²) in [5, 5.41) is 11.2. The molecule has 39 heavy (non-hydrogen) atoms. The van der Waals surface area contributed by atoms with Gasteiger partial charge in [0.2, 0.25) is 5.91 Å². The van der Waals surface area contributed by atoms with E-state index in [-0.39, 0.29) is 18.7 Å². The normalized spacial score (nSPS) is 11.0. The molecule has 1 rings (SSSR count). The molecule has 224 valence electrons. The zero-order valence-electron chi connectivity index (χ0n) is 22.9. The van der Waals surface area contributed by atoms with Gasteiger partial charge in [-0.2, -0.15) is 0 Å². The molecule has 0 spiro atoms. The summed E-state index contributed by atoms with van der Waals surface area (Å²) in [5.74, 6) is -0.407. The maximum atomic E-state index is 11.3. The first-order valence-electron chi connectivity index (χ1n) is 13.4. The topological polar surface area (TPSA) is 140 Å². The van der Waals surface area contributed by atoms with Crippen LogP contribution in [0.1, 0.15) is 19.3 Å². The van der Waals surface area contributed by atoms with E-state index in [0.29, 0.717) is 112 Å². The second kappa shape index (κ2) is 27.3. The number of carboxylic acids is 1. The average molecular weight is 560 g/mol. The van der Waals surface area contributed by atoms with Crippen LogP contribution in [0, 0.1) is 0 Å². The molecule has 0 fully saturated rings. The van der Waals surface area contributed by atoms with Crippen LogP contribution in [0.5, 0.6) is 5.75 Å². The summed E-state index contributed by atoms with van der Waals surface area (Å²) in [5.41, 5.74) is 0. The zero-order valence-corrected chi connectivity index (χ0v) is 22.9. The van der Waals surface area contributed by atoms with Crippen molar-refractivity contribution in [3.8, 4) is 5.75 Å². The molecule has 0 unspecified atom stereocenters. The molecule has 1 aromatic rings. The van der Waals surface area contributed by atoms with Crippen molar-refractivity contribution >= 4 is 11.9 Å². The summed E-state index contributed by atoms with van der Waals surface area (Å²) in [4.78, 5) is 21.7. The molecule has 0 atom stereocenters. The second-order valence-corrected chi connectivity index (χ2v) is 8.05. The Balaban J connectivity index is 1.65. The van der Waals surface area contributed by atoms with E-state index in [4.69, 9.17) is 43.0 Å². The van der Waals surface area contributed by atoms with Crippen molar-refractivity contribution < 1.29 is 52.6 Å². The number of carbonyl (C=O) groups excluding carboxylic acids is 1. The third-order valence-electron chi connectivity index (χ3n) is 4.83. The molecule has 0 aliphatic rings. The molecule has 1 aromatic carbocycles. The minimum absolute atomic E-state index is 0.00613. The van der Waals surface area contributed by atoms with Gasteiger partial charge in [0, 0.05) is 19.6 Å². The zero-order chi connectivity index (χ0) is 28.1. The Kier molecular flexibility index (Phi) is 24.3. The highest BCUT2D eigenvalue weighted by Crippen LogP contribution is 2.07. The van der Waals surface area contributed by atoms with Gasteiger partial charge in [-0.25, -0.2) is 0 Å². The van der Waals surface area contributed by atoms with E-state index >= 15 is 0 Å². The molecule has 0 saturated carbocycles. The highest BCUT2D eigenvalue weighted by Gasteiger charge is 2.04. The average Bonchev–Trinajstić information content (AvgIpc) is 2.94. The Labute approximate surface area is 231 Å². The molecule has 12 heteroatoms. The maximum Gasteiger partial charge on any atom is 0.303 e. The van der Waals surface area contributed by atoms with Gasteiger partial charge in [0.15, 0.2) is 0 Å². The van der Waals surface area contributed by atoms with Crippen molar-refractivity contribution in [1.82, 2.24) is 5.32 Å². The van der Waals surface area contributed by atoms with Crippen molar-refractivity contribution in [3.63, 3.8) is 0 Å². The monoisotopic (exact) mass is 559 g/mol. The number of hydrogen-bond acceptors (Lipinski definition) is 10. The summed E-state index contributed by atoms with van der Waals surface area (Å²) in [6.07, 6.45) is 0.490. The maximum absolute atomic E-state index is 11.3. The number of carbonyl (C=O) groups is 2. The van der Waals surface area contributed by atoms with Gasteiger partial charge in [-0.1, -0.05) is 18.2 Å². The van der Waals surface area contributed by atoms with Crippen LogP contribution in [0.3, 0.4) is 0 Å². The van der Waals surface area contributed by atoms with E-state index < -0.39 is 5.97 Å². The fourth-order valence-corrected chi connectivity index (χ4v) is 2.87. The Morgan fingerprint density at radius 2 is 0.974 bits per heavy atom. The van der Waals surface area contributed by atoms with Gasteiger partial charge in [0.1, 0.15) is 12.4 Å². The lowest BCUT2D eigenvalue weighted by Gasteiger charge is -2.09. The van der Waals surface area contributed by atoms with E-state index in [9.17, 15) is 9.59 Å². The Bertz CT molecular complexity index is 694. The van der Waals surface area contributed by atoms with E-state index in [0.717, 1.165) is 5.75 Å². The number of para-hydroxylation sites is 1. The van der Waals surface area contributed by atoms with Gasteiger partial charge in [-0.3, -0.25) is 9.59 Å².